The van der Waals surface area contributed by atoms with Crippen molar-refractivity contribution in [3.8, 4) is 0 Å². The van der Waals surface area contributed by atoms with Crippen molar-refractivity contribution in [2.75, 3.05) is 0 Å². The lowest BCUT2D eigenvalue weighted by molar-refractivity contribution is -0.158. The van der Waals surface area contributed by atoms with Crippen molar-refractivity contribution in [2.45, 2.75) is 38.3 Å². The second kappa shape index (κ2) is 4.62. The highest BCUT2D eigenvalue weighted by atomic mass is 16.5. The molecule has 0 aliphatic heterocycles. The maximum atomic E-state index is 8.92. The van der Waals surface area contributed by atoms with Gasteiger partial charge in [0.1, 0.15) is 6.10 Å². The fraction of sp³-hybridized carbons (Fsp3) is 1.00. The van der Waals surface area contributed by atoms with Gasteiger partial charge >= 0.3 is 0 Å². The summed E-state index contributed by atoms with van der Waals surface area (Å²) in [6, 6.07) is 0. The molecule has 4 N–H and O–H groups in total. The Kier molecular flexibility index (Phi) is 4.55. The first kappa shape index (κ1) is 9.84. The smallest absolute Gasteiger partial charge is 0.180 e. The number of rotatable bonds is 4. The molecule has 0 aromatic heterocycles. The first-order valence-corrected chi connectivity index (χ1v) is 3.31. The quantitative estimate of drug-likeness (QED) is 0.380. The molecule has 0 aliphatic carbocycles. The second-order valence-corrected chi connectivity index (χ2v) is 2.26. The molecule has 0 rings (SSSR count). The lowest BCUT2D eigenvalue weighted by Crippen LogP contribution is -2.36. The topological polar surface area (TPSA) is 80.9 Å². The predicted molar refractivity (Wildman–Crippen MR) is 35.1 cm³/mol. The maximum Gasteiger partial charge on any atom is 0.180 e. The van der Waals surface area contributed by atoms with Crippen molar-refractivity contribution in [2.24, 2.45) is 0 Å². The molecule has 0 spiro atoms. The van der Waals surface area contributed by atoms with E-state index >= 15 is 0 Å². The molecule has 0 amide bonds. The van der Waals surface area contributed by atoms with Crippen LogP contribution >= 0.6 is 0 Å². The highest BCUT2D eigenvalue weighted by molar-refractivity contribution is 4.67. The van der Waals surface area contributed by atoms with Gasteiger partial charge in [-0.2, -0.15) is 0 Å². The van der Waals surface area contributed by atoms with Gasteiger partial charge in [-0.25, -0.2) is 0 Å². The van der Waals surface area contributed by atoms with E-state index in [4.69, 9.17) is 20.4 Å². The Morgan fingerprint density at radius 1 is 1.10 bits per heavy atom. The molecule has 4 nitrogen and oxygen atoms in total. The highest BCUT2D eigenvalue weighted by Gasteiger charge is 2.21. The first-order valence-electron chi connectivity index (χ1n) is 3.31. The van der Waals surface area contributed by atoms with E-state index < -0.39 is 18.5 Å². The fourth-order valence-corrected chi connectivity index (χ4v) is 0.665. The van der Waals surface area contributed by atoms with Crippen molar-refractivity contribution in [3.05, 3.63) is 0 Å². The number of aliphatic hydroxyl groups is 4. The van der Waals surface area contributed by atoms with Crippen LogP contribution in [0.3, 0.4) is 0 Å². The Hall–Kier alpha value is -0.160. The van der Waals surface area contributed by atoms with E-state index in [1.165, 1.54) is 0 Å². The van der Waals surface area contributed by atoms with E-state index in [1.54, 1.807) is 0 Å². The average molecular weight is 150 g/mol. The summed E-state index contributed by atoms with van der Waals surface area (Å²) in [5.41, 5.74) is 0. The standard InChI is InChI=1S/C6H14O4/c1-2-3-4(7)5(8)6(9)10/h4-10H,2-3H2,1H3. The fourth-order valence-electron chi connectivity index (χ4n) is 0.665. The molecule has 62 valence electrons. The Bertz CT molecular complexity index is 83.8. The minimum atomic E-state index is -1.85. The predicted octanol–water partition coefficient (Wildman–Crippen LogP) is -1.18. The van der Waals surface area contributed by atoms with E-state index in [0.29, 0.717) is 12.8 Å². The molecule has 2 atom stereocenters. The number of hydrogen-bond acceptors (Lipinski definition) is 4. The summed E-state index contributed by atoms with van der Waals surface area (Å²) in [4.78, 5) is 0. The summed E-state index contributed by atoms with van der Waals surface area (Å²) in [6.07, 6.45) is -3.25. The van der Waals surface area contributed by atoms with Crippen LogP contribution in [0.15, 0.2) is 0 Å². The third-order valence-electron chi connectivity index (χ3n) is 1.28. The van der Waals surface area contributed by atoms with Gasteiger partial charge in [-0.3, -0.25) is 0 Å². The van der Waals surface area contributed by atoms with Crippen molar-refractivity contribution < 1.29 is 20.4 Å². The number of hydrogen-bond donors (Lipinski definition) is 4. The van der Waals surface area contributed by atoms with Crippen LogP contribution in [0.5, 0.6) is 0 Å². The first-order chi connectivity index (χ1) is 4.59. The normalized spacial score (nSPS) is 17.4. The molecule has 0 saturated carbocycles. The molecule has 0 heterocycles. The van der Waals surface area contributed by atoms with Crippen LogP contribution in [0.4, 0.5) is 0 Å². The van der Waals surface area contributed by atoms with Crippen LogP contribution in [0.2, 0.25) is 0 Å². The van der Waals surface area contributed by atoms with Crippen LogP contribution in [0, 0.1) is 0 Å². The minimum absolute atomic E-state index is 0.374. The summed E-state index contributed by atoms with van der Waals surface area (Å²) in [5.74, 6) is 0. The maximum absolute atomic E-state index is 8.92. The zero-order chi connectivity index (χ0) is 8.15. The van der Waals surface area contributed by atoms with E-state index in [0.717, 1.165) is 0 Å². The molecule has 0 aromatic rings. The van der Waals surface area contributed by atoms with Crippen LogP contribution in [0.25, 0.3) is 0 Å². The van der Waals surface area contributed by atoms with Gasteiger partial charge in [-0.1, -0.05) is 13.3 Å². The molecule has 0 fully saturated rings. The van der Waals surface area contributed by atoms with Gasteiger partial charge in [0.2, 0.25) is 0 Å². The van der Waals surface area contributed by atoms with E-state index in [9.17, 15) is 0 Å². The molecular weight excluding hydrogens is 136 g/mol. The lowest BCUT2D eigenvalue weighted by atomic mass is 10.1. The van der Waals surface area contributed by atoms with Gasteiger partial charge in [0.25, 0.3) is 0 Å². The highest BCUT2D eigenvalue weighted by Crippen LogP contribution is 2.03. The molecule has 10 heavy (non-hydrogen) atoms. The van der Waals surface area contributed by atoms with Crippen molar-refractivity contribution in [1.82, 2.24) is 0 Å². The number of aliphatic hydroxyl groups excluding tert-OH is 3. The Morgan fingerprint density at radius 2 is 1.60 bits per heavy atom. The van der Waals surface area contributed by atoms with Gasteiger partial charge in [0.05, 0.1) is 6.10 Å². The van der Waals surface area contributed by atoms with Crippen LogP contribution < -0.4 is 0 Å². The van der Waals surface area contributed by atoms with E-state index in [-0.39, 0.29) is 0 Å². The summed E-state index contributed by atoms with van der Waals surface area (Å²) >= 11 is 0. The summed E-state index contributed by atoms with van der Waals surface area (Å²) in [6.45, 7) is 1.83. The average Bonchev–Trinajstić information content (AvgIpc) is 1.87. The van der Waals surface area contributed by atoms with Crippen molar-refractivity contribution >= 4 is 0 Å². The zero-order valence-corrected chi connectivity index (χ0v) is 5.94. The van der Waals surface area contributed by atoms with Crippen LogP contribution in [0.1, 0.15) is 19.8 Å². The van der Waals surface area contributed by atoms with Gasteiger partial charge in [-0.05, 0) is 6.42 Å². The molecule has 0 radical (unpaired) electrons. The molecule has 4 heteroatoms. The van der Waals surface area contributed by atoms with E-state index in [2.05, 4.69) is 0 Å². The molecule has 0 aromatic carbocycles. The Labute approximate surface area is 59.7 Å². The SMILES string of the molecule is CCCC(O)C(O)C(O)O. The second-order valence-electron chi connectivity index (χ2n) is 2.26. The largest absolute Gasteiger partial charge is 0.390 e. The summed E-state index contributed by atoms with van der Waals surface area (Å²) in [7, 11) is 0. The van der Waals surface area contributed by atoms with Gasteiger partial charge in [0, 0.05) is 0 Å². The Morgan fingerprint density at radius 3 is 1.90 bits per heavy atom. The molecular formula is C6H14O4. The molecule has 0 bridgehead atoms. The van der Waals surface area contributed by atoms with Crippen LogP contribution in [-0.4, -0.2) is 38.9 Å². The zero-order valence-electron chi connectivity index (χ0n) is 5.94. The van der Waals surface area contributed by atoms with Crippen LogP contribution in [-0.2, 0) is 0 Å². The van der Waals surface area contributed by atoms with Crippen molar-refractivity contribution in [3.63, 3.8) is 0 Å². The van der Waals surface area contributed by atoms with Gasteiger partial charge in [0.15, 0.2) is 6.29 Å². The third kappa shape index (κ3) is 3.12. The minimum Gasteiger partial charge on any atom is -0.390 e. The van der Waals surface area contributed by atoms with Gasteiger partial charge in [-0.15, -0.1) is 0 Å². The van der Waals surface area contributed by atoms with Gasteiger partial charge < -0.3 is 20.4 Å². The molecule has 0 saturated heterocycles. The third-order valence-corrected chi connectivity index (χ3v) is 1.28. The Balaban J connectivity index is 3.58. The van der Waals surface area contributed by atoms with Crippen molar-refractivity contribution in [1.29, 1.82) is 0 Å². The monoisotopic (exact) mass is 150 g/mol. The lowest BCUT2D eigenvalue weighted by Gasteiger charge is -2.17. The molecule has 2 unspecified atom stereocenters. The summed E-state index contributed by atoms with van der Waals surface area (Å²) in [5, 5.41) is 34.4. The molecule has 0 aliphatic rings. The van der Waals surface area contributed by atoms with E-state index in [1.807, 2.05) is 6.92 Å². The summed E-state index contributed by atoms with van der Waals surface area (Å²) < 4.78 is 0.